The second-order valence-electron chi connectivity index (χ2n) is 6.67. The molecule has 0 fully saturated rings. The Balaban J connectivity index is 1.51. The molecule has 0 radical (unpaired) electrons. The van der Waals surface area contributed by atoms with E-state index in [2.05, 4.69) is 4.72 Å². The summed E-state index contributed by atoms with van der Waals surface area (Å²) >= 11 is 0. The number of nitrogens with zero attached hydrogens (tertiary/aromatic N) is 1. The number of imide groups is 1. The third kappa shape index (κ3) is 3.08. The second kappa shape index (κ2) is 6.85. The maximum absolute atomic E-state index is 12.7. The van der Waals surface area contributed by atoms with Crippen LogP contribution in [0.2, 0.25) is 0 Å². The van der Waals surface area contributed by atoms with E-state index in [0.717, 1.165) is 15.7 Å². The molecule has 0 saturated carbocycles. The van der Waals surface area contributed by atoms with Crippen LogP contribution in [-0.2, 0) is 10.0 Å². The molecule has 1 N–H and O–H groups in total. The molecule has 0 aromatic heterocycles. The van der Waals surface area contributed by atoms with E-state index in [9.17, 15) is 18.0 Å². The fraction of sp³-hybridized carbons (Fsp3) is 0.143. The van der Waals surface area contributed by atoms with Crippen LogP contribution in [0.15, 0.2) is 65.6 Å². The van der Waals surface area contributed by atoms with Crippen molar-refractivity contribution in [3.63, 3.8) is 0 Å². The SMILES string of the molecule is Cc1ccccc1S(=O)(=O)NCCN1C(=O)c2cc3ccccc3cc2C1=O. The Bertz CT molecular complexity index is 1160. The number of nitrogens with one attached hydrogen (secondary N) is 1. The Kier molecular flexibility index (Phi) is 4.49. The lowest BCUT2D eigenvalue weighted by molar-refractivity contribution is 0.0657. The van der Waals surface area contributed by atoms with Crippen LogP contribution in [0.25, 0.3) is 10.8 Å². The fourth-order valence-corrected chi connectivity index (χ4v) is 4.67. The topological polar surface area (TPSA) is 83.6 Å². The molecule has 4 rings (SSSR count). The van der Waals surface area contributed by atoms with Gasteiger partial charge < -0.3 is 0 Å². The van der Waals surface area contributed by atoms with E-state index in [1.807, 2.05) is 24.3 Å². The number of carbonyl (C=O) groups is 2. The van der Waals surface area contributed by atoms with Crippen LogP contribution in [0, 0.1) is 6.92 Å². The molecule has 2 amide bonds. The Labute approximate surface area is 162 Å². The standard InChI is InChI=1S/C21H18N2O4S/c1-14-6-2-5-9-19(14)28(26,27)22-10-11-23-20(24)17-12-15-7-3-4-8-16(15)13-18(17)21(23)25/h2-9,12-13,22H,10-11H2,1H3. The first kappa shape index (κ1) is 18.3. The first-order chi connectivity index (χ1) is 13.4. The second-order valence-corrected chi connectivity index (χ2v) is 8.41. The maximum atomic E-state index is 12.7. The van der Waals surface area contributed by atoms with Crippen LogP contribution in [0.5, 0.6) is 0 Å². The lowest BCUT2D eigenvalue weighted by Crippen LogP contribution is -2.38. The van der Waals surface area contributed by atoms with Gasteiger partial charge in [-0.3, -0.25) is 14.5 Å². The predicted octanol–water partition coefficient (Wildman–Crippen LogP) is 2.72. The fourth-order valence-electron chi connectivity index (χ4n) is 3.41. The van der Waals surface area contributed by atoms with Crippen LogP contribution in [0.1, 0.15) is 26.3 Å². The molecule has 0 aliphatic carbocycles. The van der Waals surface area contributed by atoms with E-state index in [1.54, 1.807) is 37.3 Å². The molecular formula is C21H18N2O4S. The average molecular weight is 394 g/mol. The van der Waals surface area contributed by atoms with Gasteiger partial charge in [-0.25, -0.2) is 13.1 Å². The van der Waals surface area contributed by atoms with Gasteiger partial charge in [0.25, 0.3) is 11.8 Å². The predicted molar refractivity (Wildman–Crippen MR) is 106 cm³/mol. The van der Waals surface area contributed by atoms with Crippen molar-refractivity contribution in [1.82, 2.24) is 9.62 Å². The molecule has 0 spiro atoms. The smallest absolute Gasteiger partial charge is 0.261 e. The highest BCUT2D eigenvalue weighted by molar-refractivity contribution is 7.89. The molecule has 7 heteroatoms. The Morgan fingerprint density at radius 2 is 1.39 bits per heavy atom. The third-order valence-electron chi connectivity index (χ3n) is 4.85. The van der Waals surface area contributed by atoms with Gasteiger partial charge >= 0.3 is 0 Å². The molecule has 1 aliphatic rings. The van der Waals surface area contributed by atoms with E-state index in [4.69, 9.17) is 0 Å². The average Bonchev–Trinajstić information content (AvgIpc) is 2.91. The molecule has 0 bridgehead atoms. The molecule has 0 unspecified atom stereocenters. The summed E-state index contributed by atoms with van der Waals surface area (Å²) in [5, 5.41) is 1.76. The number of rotatable bonds is 5. The number of carbonyl (C=O) groups excluding carboxylic acids is 2. The first-order valence-electron chi connectivity index (χ1n) is 8.83. The minimum atomic E-state index is -3.72. The number of amides is 2. The summed E-state index contributed by atoms with van der Waals surface area (Å²) in [6.07, 6.45) is 0. The van der Waals surface area contributed by atoms with Gasteiger partial charge in [0.05, 0.1) is 16.0 Å². The maximum Gasteiger partial charge on any atom is 0.261 e. The van der Waals surface area contributed by atoms with Crippen molar-refractivity contribution in [3.8, 4) is 0 Å². The zero-order valence-corrected chi connectivity index (χ0v) is 16.0. The molecule has 3 aromatic carbocycles. The van der Waals surface area contributed by atoms with Crippen LogP contribution in [-0.4, -0.2) is 38.2 Å². The lowest BCUT2D eigenvalue weighted by Gasteiger charge is -2.15. The van der Waals surface area contributed by atoms with E-state index in [0.29, 0.717) is 16.7 Å². The minimum Gasteiger partial charge on any atom is -0.273 e. The summed E-state index contributed by atoms with van der Waals surface area (Å²) in [7, 11) is -3.72. The van der Waals surface area contributed by atoms with Crippen molar-refractivity contribution in [3.05, 3.63) is 77.4 Å². The van der Waals surface area contributed by atoms with Crippen molar-refractivity contribution in [2.45, 2.75) is 11.8 Å². The van der Waals surface area contributed by atoms with Crippen molar-refractivity contribution < 1.29 is 18.0 Å². The highest BCUT2D eigenvalue weighted by Gasteiger charge is 2.35. The van der Waals surface area contributed by atoms with Crippen LogP contribution in [0.3, 0.4) is 0 Å². The Hall–Kier alpha value is -3.03. The van der Waals surface area contributed by atoms with Gasteiger partial charge in [-0.15, -0.1) is 0 Å². The Morgan fingerprint density at radius 3 is 1.96 bits per heavy atom. The molecule has 6 nitrogen and oxygen atoms in total. The van der Waals surface area contributed by atoms with Crippen LogP contribution in [0.4, 0.5) is 0 Å². The largest absolute Gasteiger partial charge is 0.273 e. The molecule has 28 heavy (non-hydrogen) atoms. The van der Waals surface area contributed by atoms with E-state index >= 15 is 0 Å². The summed E-state index contributed by atoms with van der Waals surface area (Å²) in [6, 6.07) is 17.6. The number of benzene rings is 3. The highest BCUT2D eigenvalue weighted by Crippen LogP contribution is 2.27. The van der Waals surface area contributed by atoms with Crippen molar-refractivity contribution >= 4 is 32.6 Å². The van der Waals surface area contributed by atoms with Crippen molar-refractivity contribution in [1.29, 1.82) is 0 Å². The third-order valence-corrected chi connectivity index (χ3v) is 6.47. The number of hydrogen-bond acceptors (Lipinski definition) is 4. The quantitative estimate of drug-likeness (QED) is 0.675. The van der Waals surface area contributed by atoms with E-state index in [-0.39, 0.29) is 18.0 Å². The molecule has 142 valence electrons. The summed E-state index contributed by atoms with van der Waals surface area (Å²) in [5.74, 6) is -0.804. The Morgan fingerprint density at radius 1 is 0.857 bits per heavy atom. The van der Waals surface area contributed by atoms with Gasteiger partial charge in [0, 0.05) is 13.1 Å². The van der Waals surface area contributed by atoms with Crippen LogP contribution >= 0.6 is 0 Å². The van der Waals surface area contributed by atoms with Gasteiger partial charge in [0.15, 0.2) is 0 Å². The summed E-state index contributed by atoms with van der Waals surface area (Å²) in [4.78, 5) is 26.6. The monoisotopic (exact) mass is 394 g/mol. The van der Waals surface area contributed by atoms with Gasteiger partial charge in [0.2, 0.25) is 10.0 Å². The number of aryl methyl sites for hydroxylation is 1. The van der Waals surface area contributed by atoms with Gasteiger partial charge in [-0.1, -0.05) is 42.5 Å². The van der Waals surface area contributed by atoms with Gasteiger partial charge in [-0.2, -0.15) is 0 Å². The highest BCUT2D eigenvalue weighted by atomic mass is 32.2. The lowest BCUT2D eigenvalue weighted by atomic mass is 10.0. The minimum absolute atomic E-state index is 0.0339. The molecule has 0 atom stereocenters. The van der Waals surface area contributed by atoms with Gasteiger partial charge in [0.1, 0.15) is 0 Å². The zero-order chi connectivity index (χ0) is 19.9. The number of hydrogen-bond donors (Lipinski definition) is 1. The zero-order valence-electron chi connectivity index (χ0n) is 15.2. The normalized spacial score (nSPS) is 14.0. The van der Waals surface area contributed by atoms with Crippen molar-refractivity contribution in [2.24, 2.45) is 0 Å². The van der Waals surface area contributed by atoms with Crippen molar-refractivity contribution in [2.75, 3.05) is 13.1 Å². The summed E-state index contributed by atoms with van der Waals surface area (Å²) in [5.41, 5.74) is 1.33. The number of fused-ring (bicyclic) bond motifs is 2. The number of sulfonamides is 1. The van der Waals surface area contributed by atoms with E-state index in [1.165, 1.54) is 6.07 Å². The molecule has 1 heterocycles. The first-order valence-corrected chi connectivity index (χ1v) is 10.3. The summed E-state index contributed by atoms with van der Waals surface area (Å²) < 4.78 is 27.4. The summed E-state index contributed by atoms with van der Waals surface area (Å²) in [6.45, 7) is 1.62. The molecule has 0 saturated heterocycles. The molecular weight excluding hydrogens is 376 g/mol. The molecule has 1 aliphatic heterocycles. The van der Waals surface area contributed by atoms with E-state index < -0.39 is 21.8 Å². The molecule has 3 aromatic rings. The van der Waals surface area contributed by atoms with Crippen LogP contribution < -0.4 is 4.72 Å². The van der Waals surface area contributed by atoms with Gasteiger partial charge in [-0.05, 0) is 41.5 Å².